The number of rotatable bonds is 3. The molecule has 136 valence electrons. The molecule has 4 rings (SSSR count). The second-order valence-electron chi connectivity index (χ2n) is 7.13. The van der Waals surface area contributed by atoms with E-state index < -0.39 is 0 Å². The molecule has 0 unspecified atom stereocenters. The van der Waals surface area contributed by atoms with E-state index in [9.17, 15) is 0 Å². The number of H-pyrrole nitrogens is 1. The zero-order valence-corrected chi connectivity index (χ0v) is 16.0. The van der Waals surface area contributed by atoms with Crippen LogP contribution in [0.3, 0.4) is 0 Å². The number of anilines is 1. The van der Waals surface area contributed by atoms with Crippen LogP contribution < -0.4 is 10.6 Å². The standard InChI is InChI=1S/C18H20Cl2N6/c1-18(10-21)4-6-26(7-5-18)14-9-22-16-15(24-25-17(16)23-14)11-2-3-12(19)13(20)8-11/h2-3,8-9H,4-7,10,21H2,1H3,(H,23,24,25). The molecule has 6 nitrogen and oxygen atoms in total. The topological polar surface area (TPSA) is 83.7 Å². The molecule has 3 heterocycles. The lowest BCUT2D eigenvalue weighted by molar-refractivity contribution is 0.258. The van der Waals surface area contributed by atoms with Crippen LogP contribution in [0.15, 0.2) is 24.4 Å². The summed E-state index contributed by atoms with van der Waals surface area (Å²) < 4.78 is 0. The Morgan fingerprint density at radius 1 is 1.23 bits per heavy atom. The van der Waals surface area contributed by atoms with Gasteiger partial charge in [0.15, 0.2) is 0 Å². The Labute approximate surface area is 161 Å². The van der Waals surface area contributed by atoms with Crippen molar-refractivity contribution in [3.63, 3.8) is 0 Å². The van der Waals surface area contributed by atoms with E-state index in [1.807, 2.05) is 12.3 Å². The van der Waals surface area contributed by atoms with Gasteiger partial charge in [-0.05, 0) is 36.9 Å². The molecule has 8 heteroatoms. The second-order valence-corrected chi connectivity index (χ2v) is 7.94. The van der Waals surface area contributed by atoms with Crippen LogP contribution in [0.25, 0.3) is 22.4 Å². The number of benzene rings is 1. The molecule has 2 aromatic heterocycles. The number of nitrogens with two attached hydrogens (primary N) is 1. The summed E-state index contributed by atoms with van der Waals surface area (Å²) in [7, 11) is 0. The average Bonchev–Trinajstić information content (AvgIpc) is 3.08. The molecule has 0 radical (unpaired) electrons. The smallest absolute Gasteiger partial charge is 0.202 e. The summed E-state index contributed by atoms with van der Waals surface area (Å²) in [5.74, 6) is 0.851. The minimum Gasteiger partial charge on any atom is -0.355 e. The Hall–Kier alpha value is -1.89. The Balaban J connectivity index is 1.63. The lowest BCUT2D eigenvalue weighted by Crippen LogP contribution is -2.42. The first-order chi connectivity index (χ1) is 12.5. The van der Waals surface area contributed by atoms with Crippen LogP contribution >= 0.6 is 23.2 Å². The van der Waals surface area contributed by atoms with Crippen molar-refractivity contribution in [1.29, 1.82) is 0 Å². The second kappa shape index (κ2) is 6.68. The van der Waals surface area contributed by atoms with Crippen LogP contribution in [0.1, 0.15) is 19.8 Å². The lowest BCUT2D eigenvalue weighted by Gasteiger charge is -2.39. The van der Waals surface area contributed by atoms with Gasteiger partial charge in [-0.25, -0.2) is 9.97 Å². The molecule has 0 amide bonds. The van der Waals surface area contributed by atoms with E-state index in [1.54, 1.807) is 12.1 Å². The van der Waals surface area contributed by atoms with Gasteiger partial charge in [0.25, 0.3) is 0 Å². The van der Waals surface area contributed by atoms with E-state index in [0.29, 0.717) is 15.7 Å². The van der Waals surface area contributed by atoms with E-state index in [4.69, 9.17) is 28.9 Å². The van der Waals surface area contributed by atoms with Crippen molar-refractivity contribution in [2.45, 2.75) is 19.8 Å². The lowest BCUT2D eigenvalue weighted by atomic mass is 9.80. The van der Waals surface area contributed by atoms with Crippen LogP contribution in [-0.4, -0.2) is 39.8 Å². The zero-order valence-electron chi connectivity index (χ0n) is 14.5. The third-order valence-corrected chi connectivity index (χ3v) is 5.99. The predicted octanol–water partition coefficient (Wildman–Crippen LogP) is 3.89. The summed E-state index contributed by atoms with van der Waals surface area (Å²) in [6.45, 7) is 4.82. The van der Waals surface area contributed by atoms with Gasteiger partial charge in [0, 0.05) is 18.7 Å². The van der Waals surface area contributed by atoms with Crippen molar-refractivity contribution in [3.05, 3.63) is 34.4 Å². The molecule has 0 saturated carbocycles. The molecule has 0 atom stereocenters. The van der Waals surface area contributed by atoms with E-state index in [2.05, 4.69) is 32.0 Å². The third-order valence-electron chi connectivity index (χ3n) is 5.25. The largest absolute Gasteiger partial charge is 0.355 e. The molecular formula is C18H20Cl2N6. The highest BCUT2D eigenvalue weighted by Gasteiger charge is 2.29. The number of halogens is 2. The first kappa shape index (κ1) is 17.5. The van der Waals surface area contributed by atoms with Crippen LogP contribution in [0, 0.1) is 5.41 Å². The van der Waals surface area contributed by atoms with Crippen LogP contribution in [0.2, 0.25) is 10.0 Å². The maximum atomic E-state index is 6.13. The molecule has 3 aromatic rings. The quantitative estimate of drug-likeness (QED) is 0.708. The average molecular weight is 391 g/mol. The van der Waals surface area contributed by atoms with Crippen molar-refractivity contribution in [1.82, 2.24) is 20.2 Å². The molecule has 3 N–H and O–H groups in total. The highest BCUT2D eigenvalue weighted by Crippen LogP contribution is 2.33. The monoisotopic (exact) mass is 390 g/mol. The zero-order chi connectivity index (χ0) is 18.3. The van der Waals surface area contributed by atoms with Crippen molar-refractivity contribution in [3.8, 4) is 11.3 Å². The highest BCUT2D eigenvalue weighted by molar-refractivity contribution is 6.42. The molecule has 26 heavy (non-hydrogen) atoms. The first-order valence-electron chi connectivity index (χ1n) is 8.61. The Morgan fingerprint density at radius 2 is 2.00 bits per heavy atom. The van der Waals surface area contributed by atoms with E-state index in [-0.39, 0.29) is 5.41 Å². The minimum absolute atomic E-state index is 0.224. The van der Waals surface area contributed by atoms with Gasteiger partial charge in [-0.3, -0.25) is 5.10 Å². The van der Waals surface area contributed by atoms with Crippen molar-refractivity contribution in [2.75, 3.05) is 24.5 Å². The molecule has 1 aromatic carbocycles. The summed E-state index contributed by atoms with van der Waals surface area (Å²) >= 11 is 12.1. The Kier molecular flexibility index (Phi) is 4.50. The number of nitrogens with one attached hydrogen (secondary N) is 1. The maximum Gasteiger partial charge on any atom is 0.202 e. The van der Waals surface area contributed by atoms with Gasteiger partial charge in [0.05, 0.1) is 21.9 Å². The number of aromatic nitrogens is 4. The fourth-order valence-electron chi connectivity index (χ4n) is 3.27. The number of fused-ring (bicyclic) bond motifs is 1. The summed E-state index contributed by atoms with van der Waals surface area (Å²) in [6, 6.07) is 5.44. The predicted molar refractivity (Wildman–Crippen MR) is 106 cm³/mol. The number of nitrogens with zero attached hydrogens (tertiary/aromatic N) is 4. The SMILES string of the molecule is CC1(CN)CCN(c2cnc3c(-c4ccc(Cl)c(Cl)c4)[nH]nc3n2)CC1. The van der Waals surface area contributed by atoms with Gasteiger partial charge in [0.2, 0.25) is 5.65 Å². The normalized spacial score (nSPS) is 17.0. The van der Waals surface area contributed by atoms with Crippen molar-refractivity contribution >= 4 is 40.2 Å². The van der Waals surface area contributed by atoms with E-state index >= 15 is 0 Å². The molecule has 1 aliphatic rings. The van der Waals surface area contributed by atoms with E-state index in [1.165, 1.54) is 0 Å². The van der Waals surface area contributed by atoms with Gasteiger partial charge in [-0.1, -0.05) is 36.2 Å². The maximum absolute atomic E-state index is 6.13. The highest BCUT2D eigenvalue weighted by atomic mass is 35.5. The molecular weight excluding hydrogens is 371 g/mol. The number of piperidine rings is 1. The molecule has 1 fully saturated rings. The summed E-state index contributed by atoms with van der Waals surface area (Å²) in [5.41, 5.74) is 9.09. The number of hydrogen-bond donors (Lipinski definition) is 2. The minimum atomic E-state index is 0.224. The van der Waals surface area contributed by atoms with Crippen LogP contribution in [0.4, 0.5) is 5.82 Å². The molecule has 0 spiro atoms. The molecule has 1 saturated heterocycles. The summed E-state index contributed by atoms with van der Waals surface area (Å²) in [6.07, 6.45) is 3.92. The van der Waals surface area contributed by atoms with Crippen molar-refractivity contribution < 1.29 is 0 Å². The van der Waals surface area contributed by atoms with Gasteiger partial charge in [-0.15, -0.1) is 0 Å². The van der Waals surface area contributed by atoms with Crippen molar-refractivity contribution in [2.24, 2.45) is 11.1 Å². The molecule has 1 aliphatic heterocycles. The third kappa shape index (κ3) is 3.13. The number of aromatic amines is 1. The summed E-state index contributed by atoms with van der Waals surface area (Å²) in [5, 5.41) is 8.35. The van der Waals surface area contributed by atoms with Gasteiger partial charge >= 0.3 is 0 Å². The van der Waals surface area contributed by atoms with Gasteiger partial charge < -0.3 is 10.6 Å². The molecule has 0 aliphatic carbocycles. The molecule has 0 bridgehead atoms. The van der Waals surface area contributed by atoms with Gasteiger partial charge in [0.1, 0.15) is 11.3 Å². The fourth-order valence-corrected chi connectivity index (χ4v) is 3.57. The Bertz CT molecular complexity index is 946. The van der Waals surface area contributed by atoms with E-state index in [0.717, 1.165) is 55.1 Å². The first-order valence-corrected chi connectivity index (χ1v) is 9.36. The summed E-state index contributed by atoms with van der Waals surface area (Å²) in [4.78, 5) is 11.5. The Morgan fingerprint density at radius 3 is 2.69 bits per heavy atom. The van der Waals surface area contributed by atoms with Crippen LogP contribution in [0.5, 0.6) is 0 Å². The van der Waals surface area contributed by atoms with Crippen LogP contribution in [-0.2, 0) is 0 Å². The fraction of sp³-hybridized carbons (Fsp3) is 0.389. The number of hydrogen-bond acceptors (Lipinski definition) is 5. The van der Waals surface area contributed by atoms with Gasteiger partial charge in [-0.2, -0.15) is 5.10 Å².